The molecule has 0 amide bonds. The summed E-state index contributed by atoms with van der Waals surface area (Å²) in [6, 6.07) is 0. The summed E-state index contributed by atoms with van der Waals surface area (Å²) < 4.78 is 28.2. The molecular formula is C85H132O8. The first kappa shape index (κ1) is 69.7. The summed E-state index contributed by atoms with van der Waals surface area (Å²) in [4.78, 5) is 63.6. The number of hydrogen-bond acceptors (Lipinski definition) is 8. The molecule has 0 aromatic heterocycles. The number of rotatable bonds is 16. The molecule has 12 aliphatic rings. The number of hydrogen-bond donors (Lipinski definition) is 0. The quantitative estimate of drug-likeness (QED) is 0.0855. The Bertz CT molecular complexity index is 2550. The lowest BCUT2D eigenvalue weighted by Crippen LogP contribution is -2.56. The number of ether oxygens (including phenoxy) is 4. The first-order valence-electron chi connectivity index (χ1n) is 39.3. The van der Waals surface area contributed by atoms with Gasteiger partial charge in [-0.05, 0) is 298 Å². The molecule has 0 aromatic carbocycles. The van der Waals surface area contributed by atoms with E-state index in [1.807, 2.05) is 0 Å². The van der Waals surface area contributed by atoms with E-state index in [-0.39, 0.29) is 95.6 Å². The van der Waals surface area contributed by atoms with E-state index in [4.69, 9.17) is 18.9 Å². The molecule has 12 rings (SSSR count). The van der Waals surface area contributed by atoms with Crippen molar-refractivity contribution in [3.05, 3.63) is 46.6 Å². The molecule has 93 heavy (non-hydrogen) atoms. The molecule has 0 aliphatic heterocycles. The minimum absolute atomic E-state index is 0.0396. The summed E-state index contributed by atoms with van der Waals surface area (Å²) in [6.07, 6.45) is 38.8. The first-order valence-corrected chi connectivity index (χ1v) is 39.3. The zero-order valence-electron chi connectivity index (χ0n) is 61.9. The van der Waals surface area contributed by atoms with Gasteiger partial charge in [0.25, 0.3) is 0 Å². The standard InChI is InChI=1S/C85H132O8/c1-53(2)57-21-29-65-61(45-57)25-33-69-77(65,9)37-17-41-81(69,13)73(86)90-49-85(50-91-74(87)82(14)42-18-38-78(10)66-30-22-58(54(3)4)46-62(66)26-34-70(78)82,51-92-75(88)83(15)43-19-39-79(11)67-31-23-59(55(5)6)47-63(67)27-35-71(79)83)52-93-76(89)84(16)44-20-40-80(12)68-32-24-60(56(7)8)48-64(68)28-36-72(80)84/h25-28,53-60,65-72H,17-24,29-52H2,1-16H3/t57?,58?,59?,60?,65-,66-,67-,68-,69?,70?,71?,72?,77-,78-,79-,80-,81+,82+,83+,84+,85?/m1/s1. The smallest absolute Gasteiger partial charge is 0.312 e. The molecule has 0 saturated heterocycles. The predicted octanol–water partition coefficient (Wildman–Crippen LogP) is 21.0. The molecule has 12 aliphatic carbocycles. The maximum atomic E-state index is 15.9. The second kappa shape index (κ2) is 25.9. The highest BCUT2D eigenvalue weighted by Crippen LogP contribution is 2.68. The van der Waals surface area contributed by atoms with Gasteiger partial charge in [-0.25, -0.2) is 0 Å². The molecule has 8 fully saturated rings. The summed E-state index contributed by atoms with van der Waals surface area (Å²) in [7, 11) is 0. The van der Waals surface area contributed by atoms with Crippen molar-refractivity contribution in [3.8, 4) is 0 Å². The van der Waals surface area contributed by atoms with Crippen LogP contribution < -0.4 is 0 Å². The fourth-order valence-electron chi connectivity index (χ4n) is 25.9. The molecule has 8 nitrogen and oxygen atoms in total. The second-order valence-electron chi connectivity index (χ2n) is 38.5. The Hall–Kier alpha value is -3.16. The van der Waals surface area contributed by atoms with E-state index in [1.165, 1.54) is 51.4 Å². The third-order valence-corrected chi connectivity index (χ3v) is 32.3. The van der Waals surface area contributed by atoms with Crippen LogP contribution in [0.3, 0.4) is 0 Å². The molecule has 8 heteroatoms. The molecule has 0 aromatic rings. The second-order valence-corrected chi connectivity index (χ2v) is 38.5. The SMILES string of the molecule is CC(C)C1CC[C@@H]2C(=CCC3[C@]2(C)CCC[C@]3(C)C(=O)OCC(COC(=O)[C@@]2(C)CCC[C@@]3(C)C2CC=C2CC(C(C)C)CC[C@H]23)(COC(=O)[C@@]2(C)CCC[C@@]3(C)C2CC=C2CC(C(C)C)CC[C@H]23)COC(=O)[C@@]2(C)CCC[C@@]3(C)C2CC=C2CC(C(C)C)CC[C@H]23)C1. The van der Waals surface area contributed by atoms with Crippen molar-refractivity contribution in [3.63, 3.8) is 0 Å². The third kappa shape index (κ3) is 11.9. The molecular weight excluding hydrogens is 1150 g/mol. The summed E-state index contributed by atoms with van der Waals surface area (Å²) >= 11 is 0. The highest BCUT2D eigenvalue weighted by molar-refractivity contribution is 5.80. The number of fused-ring (bicyclic) bond motifs is 12. The van der Waals surface area contributed by atoms with Crippen LogP contribution in [0.25, 0.3) is 0 Å². The fraction of sp³-hybridized carbons (Fsp3) is 0.859. The number of allylic oxidation sites excluding steroid dienone is 8. The molecule has 0 radical (unpaired) electrons. The lowest BCUT2D eigenvalue weighted by atomic mass is 9.46. The average molecular weight is 1280 g/mol. The Labute approximate surface area is 566 Å². The van der Waals surface area contributed by atoms with Crippen molar-refractivity contribution in [2.45, 2.75) is 291 Å². The third-order valence-electron chi connectivity index (χ3n) is 32.3. The molecule has 520 valence electrons. The molecule has 0 N–H and O–H groups in total. The first-order chi connectivity index (χ1) is 43.9. The van der Waals surface area contributed by atoms with Crippen molar-refractivity contribution < 1.29 is 38.1 Å². The average Bonchev–Trinajstić information content (AvgIpc) is 0.747. The van der Waals surface area contributed by atoms with E-state index < -0.39 is 27.1 Å². The summed E-state index contributed by atoms with van der Waals surface area (Å²) in [5.74, 6) is 6.67. The summed E-state index contributed by atoms with van der Waals surface area (Å²) in [6.45, 7) is 36.9. The molecule has 8 unspecified atom stereocenters. The van der Waals surface area contributed by atoms with E-state index in [0.29, 0.717) is 71.0 Å². The van der Waals surface area contributed by atoms with Gasteiger partial charge in [-0.2, -0.15) is 0 Å². The lowest BCUT2D eigenvalue weighted by molar-refractivity contribution is -0.196. The summed E-state index contributed by atoms with van der Waals surface area (Å²) in [5, 5.41) is 0. The van der Waals surface area contributed by atoms with Crippen LogP contribution in [0.5, 0.6) is 0 Å². The minimum atomic E-state index is -1.39. The summed E-state index contributed by atoms with van der Waals surface area (Å²) in [5.41, 5.74) is 1.81. The van der Waals surface area contributed by atoms with Crippen LogP contribution in [-0.4, -0.2) is 50.3 Å². The maximum absolute atomic E-state index is 15.9. The van der Waals surface area contributed by atoms with Gasteiger partial charge >= 0.3 is 23.9 Å². The van der Waals surface area contributed by atoms with E-state index in [9.17, 15) is 0 Å². The van der Waals surface area contributed by atoms with E-state index in [1.54, 1.807) is 22.3 Å². The van der Waals surface area contributed by atoms with Crippen LogP contribution in [0.4, 0.5) is 0 Å². The Balaban J connectivity index is 0.886. The van der Waals surface area contributed by atoms with E-state index >= 15 is 19.2 Å². The van der Waals surface area contributed by atoms with Crippen molar-refractivity contribution in [1.82, 2.24) is 0 Å². The van der Waals surface area contributed by atoms with Crippen LogP contribution in [0.1, 0.15) is 291 Å². The van der Waals surface area contributed by atoms with Crippen molar-refractivity contribution in [2.24, 2.45) is 143 Å². The van der Waals surface area contributed by atoms with Crippen LogP contribution in [0.15, 0.2) is 46.6 Å². The van der Waals surface area contributed by atoms with Crippen LogP contribution in [0, 0.1) is 143 Å². The van der Waals surface area contributed by atoms with Gasteiger partial charge in [0.2, 0.25) is 0 Å². The lowest BCUT2D eigenvalue weighted by Gasteiger charge is -2.58. The Kier molecular flexibility index (Phi) is 19.4. The van der Waals surface area contributed by atoms with Gasteiger partial charge in [0, 0.05) is 0 Å². The van der Waals surface area contributed by atoms with E-state index in [0.717, 1.165) is 128 Å². The Morgan fingerprint density at radius 2 is 0.548 bits per heavy atom. The zero-order chi connectivity index (χ0) is 66.6. The topological polar surface area (TPSA) is 105 Å². The van der Waals surface area contributed by atoms with Gasteiger partial charge in [-0.1, -0.05) is 155 Å². The highest BCUT2D eigenvalue weighted by Gasteiger charge is 2.64. The molecule has 0 heterocycles. The Morgan fingerprint density at radius 1 is 0.344 bits per heavy atom. The van der Waals surface area contributed by atoms with Crippen molar-refractivity contribution in [1.29, 1.82) is 0 Å². The number of carbonyl (C=O) groups is 4. The number of carbonyl (C=O) groups excluding carboxylic acids is 4. The Morgan fingerprint density at radius 3 is 0.742 bits per heavy atom. The van der Waals surface area contributed by atoms with Gasteiger partial charge in [0.15, 0.2) is 0 Å². The van der Waals surface area contributed by atoms with Crippen molar-refractivity contribution in [2.75, 3.05) is 26.4 Å². The van der Waals surface area contributed by atoms with Crippen LogP contribution in [-0.2, 0) is 38.1 Å². The monoisotopic (exact) mass is 1280 g/mol. The largest absolute Gasteiger partial charge is 0.464 e. The van der Waals surface area contributed by atoms with Gasteiger partial charge in [0.05, 0.1) is 21.7 Å². The predicted molar refractivity (Wildman–Crippen MR) is 374 cm³/mol. The number of esters is 4. The maximum Gasteiger partial charge on any atom is 0.312 e. The van der Waals surface area contributed by atoms with Gasteiger partial charge in [-0.15, -0.1) is 0 Å². The highest BCUT2D eigenvalue weighted by atomic mass is 16.6. The van der Waals surface area contributed by atoms with Gasteiger partial charge in [0.1, 0.15) is 31.8 Å². The van der Waals surface area contributed by atoms with Crippen LogP contribution >= 0.6 is 0 Å². The molecule has 8 saturated carbocycles. The van der Waals surface area contributed by atoms with Crippen LogP contribution in [0.2, 0.25) is 0 Å². The fourth-order valence-corrected chi connectivity index (χ4v) is 25.9. The van der Waals surface area contributed by atoms with Gasteiger partial charge in [-0.3, -0.25) is 19.2 Å². The zero-order valence-corrected chi connectivity index (χ0v) is 61.9. The molecule has 0 bridgehead atoms. The van der Waals surface area contributed by atoms with Gasteiger partial charge < -0.3 is 18.9 Å². The van der Waals surface area contributed by atoms with E-state index in [2.05, 4.69) is 135 Å². The molecule has 0 spiro atoms. The van der Waals surface area contributed by atoms with Crippen molar-refractivity contribution >= 4 is 23.9 Å². The normalized spacial score (nSPS) is 44.3. The molecule has 20 atom stereocenters. The minimum Gasteiger partial charge on any atom is -0.464 e.